The van der Waals surface area contributed by atoms with Crippen LogP contribution in [0.3, 0.4) is 0 Å². The Morgan fingerprint density at radius 2 is 1.59 bits per heavy atom. The van der Waals surface area contributed by atoms with Crippen molar-refractivity contribution in [3.8, 4) is 11.5 Å². The molecule has 1 aromatic heterocycles. The second-order valence-corrected chi connectivity index (χ2v) is 12.9. The minimum absolute atomic E-state index is 0. The molecule has 1 fully saturated rings. The molecule has 0 radical (unpaired) electrons. The second-order valence-electron chi connectivity index (χ2n) is 12.5. The molecule has 0 atom stereocenters. The van der Waals surface area contributed by atoms with Crippen LogP contribution in [0, 0.1) is 0 Å². The second kappa shape index (κ2) is 17.5. The average molecular weight is 732 g/mol. The quantitative estimate of drug-likeness (QED) is 0.0853. The van der Waals surface area contributed by atoms with Crippen molar-refractivity contribution in [1.29, 1.82) is 0 Å². The van der Waals surface area contributed by atoms with E-state index in [2.05, 4.69) is 15.9 Å². The van der Waals surface area contributed by atoms with E-state index in [9.17, 15) is 9.59 Å². The minimum Gasteiger partial charge on any atom is -0.495 e. The van der Waals surface area contributed by atoms with Gasteiger partial charge in [-0.2, -0.15) is 0 Å². The molecule has 2 heterocycles. The van der Waals surface area contributed by atoms with E-state index in [4.69, 9.17) is 26.2 Å². The first-order chi connectivity index (χ1) is 24.3. The molecule has 0 bridgehead atoms. The van der Waals surface area contributed by atoms with Gasteiger partial charge >= 0.3 is 5.97 Å². The lowest BCUT2D eigenvalue weighted by atomic mass is 10.0. The predicted molar refractivity (Wildman–Crippen MR) is 207 cm³/mol. The van der Waals surface area contributed by atoms with Gasteiger partial charge in [0.15, 0.2) is 5.78 Å². The summed E-state index contributed by atoms with van der Waals surface area (Å²) in [6.45, 7) is 5.67. The molecular weight excluding hydrogens is 687 g/mol. The van der Waals surface area contributed by atoms with E-state index in [0.717, 1.165) is 72.9 Å². The summed E-state index contributed by atoms with van der Waals surface area (Å²) in [6, 6.07) is 29.1. The summed E-state index contributed by atoms with van der Waals surface area (Å²) in [5.74, 6) is 0.577. The Morgan fingerprint density at radius 3 is 2.33 bits per heavy atom. The fraction of sp³-hybridized carbons (Fsp3) is 0.300. The summed E-state index contributed by atoms with van der Waals surface area (Å²) in [6.07, 6.45) is 3.22. The highest BCUT2D eigenvalue weighted by atomic mass is 35.5. The highest BCUT2D eigenvalue weighted by Crippen LogP contribution is 2.36. The van der Waals surface area contributed by atoms with Crippen LogP contribution in [0.25, 0.3) is 10.9 Å². The highest BCUT2D eigenvalue weighted by Gasteiger charge is 2.22. The number of piperazine rings is 1. The Morgan fingerprint density at radius 1 is 0.863 bits per heavy atom. The lowest BCUT2D eigenvalue weighted by Gasteiger charge is -2.36. The first-order valence-electron chi connectivity index (χ1n) is 17.0. The zero-order valence-electron chi connectivity index (χ0n) is 29.0. The van der Waals surface area contributed by atoms with Crippen LogP contribution in [-0.4, -0.2) is 79.8 Å². The maximum absolute atomic E-state index is 14.1. The first kappa shape index (κ1) is 37.6. The van der Waals surface area contributed by atoms with Crippen LogP contribution < -0.4 is 19.3 Å². The number of carboxylic acids is 1. The number of halogens is 2. The number of nitrogens with zero attached hydrogens (tertiary/aromatic N) is 4. The summed E-state index contributed by atoms with van der Waals surface area (Å²) in [4.78, 5) is 32.1. The van der Waals surface area contributed by atoms with Gasteiger partial charge in [-0.1, -0.05) is 41.9 Å². The molecule has 0 amide bonds. The van der Waals surface area contributed by atoms with E-state index in [1.165, 1.54) is 0 Å². The molecule has 5 aromatic rings. The van der Waals surface area contributed by atoms with Crippen LogP contribution in [0.1, 0.15) is 35.2 Å². The van der Waals surface area contributed by atoms with Gasteiger partial charge in [-0.25, -0.2) is 0 Å². The lowest BCUT2D eigenvalue weighted by Crippen LogP contribution is -2.46. The van der Waals surface area contributed by atoms with Crippen molar-refractivity contribution in [2.24, 2.45) is 0 Å². The molecule has 51 heavy (non-hydrogen) atoms. The number of carboxylic acid groups (broad SMARTS) is 1. The number of methoxy groups -OCH3 is 1. The van der Waals surface area contributed by atoms with Crippen LogP contribution in [-0.2, 0) is 11.3 Å². The number of hydrogen-bond acceptors (Lipinski definition) is 7. The minimum atomic E-state index is -0.833. The third-order valence-electron chi connectivity index (χ3n) is 9.29. The summed E-state index contributed by atoms with van der Waals surface area (Å²) < 4.78 is 14.0. The Balaban J connectivity index is 0.00000504. The van der Waals surface area contributed by atoms with Gasteiger partial charge in [-0.05, 0) is 73.5 Å². The number of aryl methyl sites for hydroxylation is 1. The molecule has 11 heteroatoms. The predicted octanol–water partition coefficient (Wildman–Crippen LogP) is 8.18. The number of carbonyl (C=O) groups is 2. The van der Waals surface area contributed by atoms with E-state index in [1.54, 1.807) is 7.11 Å². The van der Waals surface area contributed by atoms with Gasteiger partial charge in [0.05, 0.1) is 25.1 Å². The van der Waals surface area contributed by atoms with Crippen LogP contribution in [0.2, 0.25) is 5.02 Å². The molecule has 1 aliphatic rings. The van der Waals surface area contributed by atoms with Crippen LogP contribution in [0.5, 0.6) is 11.5 Å². The summed E-state index contributed by atoms with van der Waals surface area (Å²) in [5, 5.41) is 10.6. The van der Waals surface area contributed by atoms with Crippen molar-refractivity contribution in [3.63, 3.8) is 0 Å². The maximum Gasteiger partial charge on any atom is 0.303 e. The fourth-order valence-electron chi connectivity index (χ4n) is 6.59. The third-order valence-corrected chi connectivity index (χ3v) is 9.55. The number of rotatable bonds is 15. The highest BCUT2D eigenvalue weighted by molar-refractivity contribution is 6.30. The van der Waals surface area contributed by atoms with Crippen LogP contribution in [0.4, 0.5) is 17.1 Å². The molecule has 268 valence electrons. The van der Waals surface area contributed by atoms with Crippen LogP contribution >= 0.6 is 24.0 Å². The Labute approximate surface area is 310 Å². The standard InChI is InChI=1S/C40H43ClN4O5.ClH/c1-42(31-17-15-30(41)16-18-31)35-19-14-29(40(48)33-28-45(21-7-13-39(46)47)34-10-4-3-9-32(33)34)27-38(35)50-26-8-20-43-22-24-44(25-23-43)36-11-5-6-12-37(36)49-2;/h3-6,9-12,14-19,27-28H,7-8,13,20-26H2,1-2H3,(H,46,47);1H. The number of ketones is 1. The van der Waals surface area contributed by atoms with Gasteiger partial charge in [-0.3, -0.25) is 14.5 Å². The van der Waals surface area contributed by atoms with E-state index < -0.39 is 5.97 Å². The number of para-hydroxylation sites is 3. The molecule has 4 aromatic carbocycles. The molecule has 0 spiro atoms. The zero-order chi connectivity index (χ0) is 35.0. The molecule has 0 saturated carbocycles. The summed E-state index contributed by atoms with van der Waals surface area (Å²) in [7, 11) is 3.68. The van der Waals surface area contributed by atoms with Gasteiger partial charge in [0, 0.05) is 91.7 Å². The number of aliphatic carboxylic acids is 1. The number of fused-ring (bicyclic) bond motifs is 1. The van der Waals surface area contributed by atoms with Crippen molar-refractivity contribution in [2.75, 3.05) is 63.3 Å². The van der Waals surface area contributed by atoms with Crippen molar-refractivity contribution < 1.29 is 24.2 Å². The van der Waals surface area contributed by atoms with Crippen molar-refractivity contribution in [1.82, 2.24) is 9.47 Å². The monoisotopic (exact) mass is 730 g/mol. The van der Waals surface area contributed by atoms with Crippen molar-refractivity contribution in [3.05, 3.63) is 113 Å². The number of benzene rings is 4. The van der Waals surface area contributed by atoms with Gasteiger partial charge in [-0.15, -0.1) is 12.4 Å². The number of anilines is 3. The van der Waals surface area contributed by atoms with Gasteiger partial charge in [0.2, 0.25) is 0 Å². The van der Waals surface area contributed by atoms with E-state index in [0.29, 0.717) is 41.5 Å². The largest absolute Gasteiger partial charge is 0.495 e. The number of aromatic nitrogens is 1. The molecule has 1 aliphatic heterocycles. The van der Waals surface area contributed by atoms with Crippen molar-refractivity contribution >= 4 is 63.7 Å². The van der Waals surface area contributed by atoms with Gasteiger partial charge in [0.1, 0.15) is 11.5 Å². The van der Waals surface area contributed by atoms with E-state index in [1.807, 2.05) is 108 Å². The number of carbonyl (C=O) groups excluding carboxylic acids is 1. The molecule has 0 aliphatic carbocycles. The Bertz CT molecular complexity index is 1940. The average Bonchev–Trinajstić information content (AvgIpc) is 3.51. The maximum atomic E-state index is 14.1. The fourth-order valence-corrected chi connectivity index (χ4v) is 6.72. The molecule has 0 unspecified atom stereocenters. The summed E-state index contributed by atoms with van der Waals surface area (Å²) >= 11 is 6.17. The SMILES string of the molecule is COc1ccccc1N1CCN(CCCOc2cc(C(=O)c3cn(CCCC(=O)O)c4ccccc34)ccc2N(C)c2ccc(Cl)cc2)CC1.Cl. The van der Waals surface area contributed by atoms with E-state index in [-0.39, 0.29) is 24.6 Å². The topological polar surface area (TPSA) is 87.5 Å². The molecule has 1 saturated heterocycles. The van der Waals surface area contributed by atoms with Crippen LogP contribution in [0.15, 0.2) is 97.2 Å². The molecule has 1 N–H and O–H groups in total. The number of ether oxygens (including phenoxy) is 2. The molecule has 6 rings (SSSR count). The van der Waals surface area contributed by atoms with Gasteiger partial charge < -0.3 is 28.9 Å². The third kappa shape index (κ3) is 8.97. The smallest absolute Gasteiger partial charge is 0.303 e. The van der Waals surface area contributed by atoms with E-state index >= 15 is 0 Å². The number of hydrogen-bond donors (Lipinski definition) is 1. The zero-order valence-corrected chi connectivity index (χ0v) is 30.5. The molecular formula is C40H44Cl2N4O5. The normalized spacial score (nSPS) is 13.1. The molecule has 9 nitrogen and oxygen atoms in total. The first-order valence-corrected chi connectivity index (χ1v) is 17.4. The Kier molecular flexibility index (Phi) is 12.9. The van der Waals surface area contributed by atoms with Crippen molar-refractivity contribution in [2.45, 2.75) is 25.8 Å². The van der Waals surface area contributed by atoms with Gasteiger partial charge in [0.25, 0.3) is 0 Å². The Hall–Kier alpha value is -4.70. The lowest BCUT2D eigenvalue weighted by molar-refractivity contribution is -0.137. The summed E-state index contributed by atoms with van der Waals surface area (Å²) in [5.41, 5.74) is 4.91.